The van der Waals surface area contributed by atoms with Gasteiger partial charge in [0, 0.05) is 29.5 Å². The topological polar surface area (TPSA) is 126 Å². The molecule has 3 aromatic rings. The molecular formula is C33H40N2O7S. The van der Waals surface area contributed by atoms with Gasteiger partial charge in [-0.15, -0.1) is 0 Å². The van der Waals surface area contributed by atoms with Gasteiger partial charge in [0.15, 0.2) is 6.29 Å². The van der Waals surface area contributed by atoms with Crippen LogP contribution in [0, 0.1) is 5.92 Å². The Morgan fingerprint density at radius 2 is 1.65 bits per heavy atom. The predicted octanol–water partition coefficient (Wildman–Crippen LogP) is 4.73. The van der Waals surface area contributed by atoms with E-state index in [1.165, 1.54) is 0 Å². The van der Waals surface area contributed by atoms with E-state index < -0.39 is 18.3 Å². The zero-order chi connectivity index (χ0) is 30.6. The number of thioether (sulfide) groups is 1. The van der Waals surface area contributed by atoms with Crippen molar-refractivity contribution in [2.45, 2.75) is 45.5 Å². The Morgan fingerprint density at radius 3 is 2.35 bits per heavy atom. The van der Waals surface area contributed by atoms with Gasteiger partial charge in [0.25, 0.3) is 0 Å². The van der Waals surface area contributed by atoms with Crippen LogP contribution in [0.1, 0.15) is 48.5 Å². The summed E-state index contributed by atoms with van der Waals surface area (Å²) in [6, 6.07) is 23.2. The first-order valence-electron chi connectivity index (χ1n) is 14.5. The predicted molar refractivity (Wildman–Crippen MR) is 166 cm³/mol. The van der Waals surface area contributed by atoms with Crippen molar-refractivity contribution < 1.29 is 34.0 Å². The molecule has 1 heterocycles. The minimum atomic E-state index is -0.576. The molecule has 10 heteroatoms. The highest BCUT2D eigenvalue weighted by molar-refractivity contribution is 7.99. The lowest BCUT2D eigenvalue weighted by Gasteiger charge is -2.41. The zero-order valence-corrected chi connectivity index (χ0v) is 25.3. The Kier molecular flexibility index (Phi) is 12.4. The van der Waals surface area contributed by atoms with Gasteiger partial charge < -0.3 is 35.1 Å². The van der Waals surface area contributed by atoms with Crippen molar-refractivity contribution in [1.82, 2.24) is 10.6 Å². The molecular weight excluding hydrogens is 568 g/mol. The Balaban J connectivity index is 1.47. The quantitative estimate of drug-likeness (QED) is 0.162. The van der Waals surface area contributed by atoms with Gasteiger partial charge >= 0.3 is 12.0 Å². The lowest BCUT2D eigenvalue weighted by Crippen LogP contribution is -2.38. The molecule has 9 nitrogen and oxygen atoms in total. The maximum Gasteiger partial charge on any atom is 0.325 e. The van der Waals surface area contributed by atoms with Crippen LogP contribution in [0.25, 0.3) is 11.1 Å². The molecule has 43 heavy (non-hydrogen) atoms. The van der Waals surface area contributed by atoms with Crippen LogP contribution in [0.15, 0.2) is 72.8 Å². The summed E-state index contributed by atoms with van der Waals surface area (Å²) in [7, 11) is 0. The molecule has 0 spiro atoms. The first-order chi connectivity index (χ1) is 20.9. The highest BCUT2D eigenvalue weighted by Crippen LogP contribution is 2.42. The van der Waals surface area contributed by atoms with Gasteiger partial charge in [-0.2, -0.15) is 11.8 Å². The highest BCUT2D eigenvalue weighted by atomic mass is 32.2. The summed E-state index contributed by atoms with van der Waals surface area (Å²) in [5.74, 6) is 0.970. The van der Waals surface area contributed by atoms with Crippen molar-refractivity contribution in [3.05, 3.63) is 95.1 Å². The third kappa shape index (κ3) is 9.04. The molecule has 0 unspecified atom stereocenters. The average Bonchev–Trinajstić information content (AvgIpc) is 3.04. The number of nitrogens with one attached hydrogen (secondary N) is 2. The third-order valence-corrected chi connectivity index (χ3v) is 8.33. The summed E-state index contributed by atoms with van der Waals surface area (Å²) in [5, 5.41) is 24.1. The van der Waals surface area contributed by atoms with Crippen LogP contribution in [0.2, 0.25) is 0 Å². The number of hydrogen-bond donors (Lipinski definition) is 4. The molecule has 1 aliphatic rings. The van der Waals surface area contributed by atoms with Crippen molar-refractivity contribution in [2.24, 2.45) is 5.92 Å². The number of hydrogen-bond acceptors (Lipinski definition) is 8. The number of aliphatic hydroxyl groups is 2. The van der Waals surface area contributed by atoms with Gasteiger partial charge in [0.05, 0.1) is 32.0 Å². The van der Waals surface area contributed by atoms with Gasteiger partial charge in [0.1, 0.15) is 6.54 Å². The Morgan fingerprint density at radius 1 is 0.930 bits per heavy atom. The van der Waals surface area contributed by atoms with E-state index in [0.717, 1.165) is 39.1 Å². The van der Waals surface area contributed by atoms with Gasteiger partial charge in [0.2, 0.25) is 0 Å². The molecule has 3 aromatic carbocycles. The van der Waals surface area contributed by atoms with Crippen molar-refractivity contribution >= 4 is 23.8 Å². The van der Waals surface area contributed by atoms with Gasteiger partial charge in [-0.05, 0) is 34.7 Å². The van der Waals surface area contributed by atoms with Crippen LogP contribution in [-0.4, -0.2) is 59.6 Å². The Hall–Kier alpha value is -3.41. The van der Waals surface area contributed by atoms with Crippen LogP contribution in [-0.2, 0) is 32.2 Å². The molecule has 1 saturated heterocycles. The van der Waals surface area contributed by atoms with Crippen LogP contribution in [0.5, 0.6) is 0 Å². The molecule has 4 atom stereocenters. The van der Waals surface area contributed by atoms with E-state index in [9.17, 15) is 19.8 Å². The maximum atomic E-state index is 12.2. The molecule has 1 aliphatic heterocycles. The lowest BCUT2D eigenvalue weighted by atomic mass is 9.91. The smallest absolute Gasteiger partial charge is 0.325 e. The second-order valence-electron chi connectivity index (χ2n) is 10.2. The molecule has 2 amide bonds. The average molecular weight is 609 g/mol. The molecule has 1 fully saturated rings. The number of carbonyl (C=O) groups is 2. The fourth-order valence-electron chi connectivity index (χ4n) is 4.95. The van der Waals surface area contributed by atoms with Gasteiger partial charge in [-0.25, -0.2) is 4.79 Å². The number of urea groups is 1. The van der Waals surface area contributed by atoms with Crippen molar-refractivity contribution in [3.63, 3.8) is 0 Å². The molecule has 0 saturated carbocycles. The molecule has 0 bridgehead atoms. The van der Waals surface area contributed by atoms with E-state index in [4.69, 9.17) is 14.2 Å². The number of aliphatic hydroxyl groups excluding tert-OH is 2. The molecule has 0 aliphatic carbocycles. The third-order valence-electron chi connectivity index (χ3n) is 7.29. The van der Waals surface area contributed by atoms with Crippen LogP contribution in [0.4, 0.5) is 4.79 Å². The van der Waals surface area contributed by atoms with Crippen LogP contribution >= 0.6 is 11.8 Å². The number of benzene rings is 3. The normalized spacial score (nSPS) is 19.9. The molecule has 230 valence electrons. The van der Waals surface area contributed by atoms with E-state index >= 15 is 0 Å². The fourth-order valence-corrected chi connectivity index (χ4v) is 5.86. The second kappa shape index (κ2) is 16.4. The molecule has 0 aromatic heterocycles. The highest BCUT2D eigenvalue weighted by Gasteiger charge is 2.38. The number of esters is 1. The number of rotatable bonds is 13. The summed E-state index contributed by atoms with van der Waals surface area (Å²) in [6.07, 6.45) is -0.862. The number of ether oxygens (including phenoxy) is 3. The monoisotopic (exact) mass is 608 g/mol. The van der Waals surface area contributed by atoms with E-state index in [1.54, 1.807) is 18.7 Å². The SMILES string of the molecule is CCOC(=O)CNC(=O)NCc1ccccc1-c1ccc([C@@H]2O[C@H](CSCCO)[C@H](C)[C@H](c3ccc(CO)cc3)O2)cc1. The van der Waals surface area contributed by atoms with Crippen molar-refractivity contribution in [3.8, 4) is 11.1 Å². The van der Waals surface area contributed by atoms with Crippen LogP contribution < -0.4 is 10.6 Å². The minimum absolute atomic E-state index is 0.0122. The largest absolute Gasteiger partial charge is 0.465 e. The fraction of sp³-hybridized carbons (Fsp3) is 0.394. The summed E-state index contributed by atoms with van der Waals surface area (Å²) < 4.78 is 17.8. The zero-order valence-electron chi connectivity index (χ0n) is 24.5. The molecule has 0 radical (unpaired) electrons. The van der Waals surface area contributed by atoms with Crippen molar-refractivity contribution in [2.75, 3.05) is 31.3 Å². The van der Waals surface area contributed by atoms with Crippen LogP contribution in [0.3, 0.4) is 0 Å². The van der Waals surface area contributed by atoms with E-state index in [0.29, 0.717) is 5.75 Å². The standard InChI is InChI=1S/C33H40N2O7S/c1-3-40-30(38)19-35-33(39)34-18-27-6-4-5-7-28(27)24-12-14-26(15-13-24)32-41-29(21-43-17-16-36)22(2)31(42-32)25-10-8-23(20-37)9-11-25/h4-15,22,29,31-32,36-37H,3,16-21H2,1-2H3,(H2,34,35,39)/t22-,29+,31+,32+/m0/s1. The van der Waals surface area contributed by atoms with Crippen molar-refractivity contribution in [1.29, 1.82) is 0 Å². The summed E-state index contributed by atoms with van der Waals surface area (Å²) in [4.78, 5) is 23.7. The Bertz CT molecular complexity index is 1320. The summed E-state index contributed by atoms with van der Waals surface area (Å²) in [6.45, 7) is 4.29. The van der Waals surface area contributed by atoms with E-state index in [1.807, 2.05) is 72.8 Å². The maximum absolute atomic E-state index is 12.2. The molecule has 4 rings (SSSR count). The Labute approximate surface area is 256 Å². The first kappa shape index (κ1) is 32.5. The van der Waals surface area contributed by atoms with Gasteiger partial charge in [-0.3, -0.25) is 4.79 Å². The van der Waals surface area contributed by atoms with E-state index in [-0.39, 0.29) is 51.0 Å². The summed E-state index contributed by atoms with van der Waals surface area (Å²) in [5.41, 5.74) is 5.63. The number of carbonyl (C=O) groups excluding carboxylic acids is 2. The lowest BCUT2D eigenvalue weighted by molar-refractivity contribution is -0.268. The minimum Gasteiger partial charge on any atom is -0.465 e. The van der Waals surface area contributed by atoms with Gasteiger partial charge in [-0.1, -0.05) is 79.7 Å². The molecule has 4 N–H and O–H groups in total. The summed E-state index contributed by atoms with van der Waals surface area (Å²) >= 11 is 1.66. The number of amides is 2. The van der Waals surface area contributed by atoms with E-state index in [2.05, 4.69) is 17.6 Å². The second-order valence-corrected chi connectivity index (χ2v) is 11.4. The first-order valence-corrected chi connectivity index (χ1v) is 15.6.